The topological polar surface area (TPSA) is 93.2 Å². The molecule has 3 rings (SSSR count). The van der Waals surface area contributed by atoms with Crippen LogP contribution in [0.1, 0.15) is 40.9 Å². The van der Waals surface area contributed by atoms with E-state index in [4.69, 9.17) is 5.73 Å². The Kier molecular flexibility index (Phi) is 7.00. The van der Waals surface area contributed by atoms with Gasteiger partial charge in [0.1, 0.15) is 5.82 Å². The van der Waals surface area contributed by atoms with E-state index in [0.717, 1.165) is 4.57 Å². The van der Waals surface area contributed by atoms with Crippen molar-refractivity contribution in [3.8, 4) is 0 Å². The van der Waals surface area contributed by atoms with Gasteiger partial charge in [-0.2, -0.15) is 13.2 Å². The third-order valence-corrected chi connectivity index (χ3v) is 5.17. The Morgan fingerprint density at radius 3 is 2.45 bits per heavy atom. The second-order valence-corrected chi connectivity index (χ2v) is 7.58. The van der Waals surface area contributed by atoms with Gasteiger partial charge in [0.2, 0.25) is 11.7 Å². The zero-order chi connectivity index (χ0) is 24.5. The number of nitrogens with zero attached hydrogens (tertiary/aromatic N) is 3. The fraction of sp³-hybridized carbons (Fsp3) is 0.450. The van der Waals surface area contributed by atoms with E-state index in [1.807, 2.05) is 0 Å². The number of benzene rings is 1. The first-order valence-corrected chi connectivity index (χ1v) is 10.0. The average molecular weight is 477 g/mol. The highest BCUT2D eigenvalue weighted by Gasteiger charge is 2.41. The fourth-order valence-electron chi connectivity index (χ4n) is 3.65. The second kappa shape index (κ2) is 9.41. The van der Waals surface area contributed by atoms with Crippen LogP contribution in [0.5, 0.6) is 0 Å². The highest BCUT2D eigenvalue weighted by molar-refractivity contribution is 5.93. The Morgan fingerprint density at radius 1 is 1.15 bits per heavy atom. The van der Waals surface area contributed by atoms with Crippen LogP contribution in [-0.4, -0.2) is 45.4 Å². The summed E-state index contributed by atoms with van der Waals surface area (Å²) in [5.74, 6) is -6.19. The van der Waals surface area contributed by atoms with Crippen molar-refractivity contribution in [2.24, 2.45) is 5.73 Å². The quantitative estimate of drug-likeness (QED) is 0.494. The molecule has 0 radical (unpaired) electrons. The number of halogens is 6. The summed E-state index contributed by atoms with van der Waals surface area (Å²) < 4.78 is 81.2. The van der Waals surface area contributed by atoms with Crippen LogP contribution < -0.4 is 11.1 Å². The lowest BCUT2D eigenvalue weighted by Crippen LogP contribution is -2.42. The summed E-state index contributed by atoms with van der Waals surface area (Å²) in [5, 5.41) is 2.40. The molecule has 1 atom stereocenters. The number of hydrogen-bond acceptors (Lipinski definition) is 4. The highest BCUT2D eigenvalue weighted by Crippen LogP contribution is 2.32. The molecule has 3 N–H and O–H groups in total. The largest absolute Gasteiger partial charge is 0.449 e. The van der Waals surface area contributed by atoms with E-state index in [1.165, 1.54) is 4.90 Å². The third kappa shape index (κ3) is 5.29. The summed E-state index contributed by atoms with van der Waals surface area (Å²) in [4.78, 5) is 29.6. The van der Waals surface area contributed by atoms with E-state index < -0.39 is 53.0 Å². The molecule has 1 aromatic carbocycles. The van der Waals surface area contributed by atoms with E-state index >= 15 is 0 Å². The Bertz CT molecular complexity index is 1070. The maximum absolute atomic E-state index is 13.8. The maximum Gasteiger partial charge on any atom is 0.449 e. The van der Waals surface area contributed by atoms with Crippen LogP contribution >= 0.6 is 0 Å². The molecule has 1 aliphatic rings. The molecule has 2 amide bonds. The first-order valence-electron chi connectivity index (χ1n) is 10.0. The normalized spacial score (nSPS) is 14.7. The predicted octanol–water partition coefficient (Wildman–Crippen LogP) is 2.37. The number of carbonyl (C=O) groups excluding carboxylic acids is 2. The van der Waals surface area contributed by atoms with Gasteiger partial charge in [-0.1, -0.05) is 0 Å². The van der Waals surface area contributed by atoms with Gasteiger partial charge in [-0.3, -0.25) is 9.59 Å². The molecule has 0 spiro atoms. The van der Waals surface area contributed by atoms with Crippen molar-refractivity contribution >= 4 is 11.8 Å². The van der Waals surface area contributed by atoms with Crippen molar-refractivity contribution in [1.29, 1.82) is 0 Å². The van der Waals surface area contributed by atoms with Crippen LogP contribution in [0.2, 0.25) is 0 Å². The fourth-order valence-corrected chi connectivity index (χ4v) is 3.65. The molecule has 13 heteroatoms. The Balaban J connectivity index is 1.76. The smallest absolute Gasteiger partial charge is 0.351 e. The number of aromatic nitrogens is 2. The minimum Gasteiger partial charge on any atom is -0.351 e. The summed E-state index contributed by atoms with van der Waals surface area (Å²) in [6.45, 7) is 1.13. The first-order chi connectivity index (χ1) is 15.4. The molecular formula is C20H21F6N5O2. The summed E-state index contributed by atoms with van der Waals surface area (Å²) in [7, 11) is 0. The number of nitrogens with two attached hydrogens (primary N) is 1. The molecule has 0 saturated carbocycles. The molecule has 0 fully saturated rings. The molecule has 7 nitrogen and oxygen atoms in total. The van der Waals surface area contributed by atoms with Gasteiger partial charge in [0.25, 0.3) is 5.91 Å². The molecule has 33 heavy (non-hydrogen) atoms. The summed E-state index contributed by atoms with van der Waals surface area (Å²) in [5.41, 5.74) is 5.19. The SMILES string of the molecule is CCNC(=O)c1nc(C(F)(F)F)n2c1CN(C(=O)C[C@H](N)Cc1cc(F)c(F)cc1F)CC2. The van der Waals surface area contributed by atoms with E-state index in [2.05, 4.69) is 10.3 Å². The highest BCUT2D eigenvalue weighted by atomic mass is 19.4. The standard InChI is InChI=1S/C20H21F6N5O2/c1-2-28-18(33)17-15-9-30(3-4-31(15)19(29-17)20(24,25)26)16(32)7-11(27)5-10-6-13(22)14(23)8-12(10)21/h6,8,11H,2-5,7,9,27H2,1H3,(H,28,33)/t11-/m1/s1. The lowest BCUT2D eigenvalue weighted by Gasteiger charge is -2.30. The Labute approximate surface area is 184 Å². The van der Waals surface area contributed by atoms with Crippen molar-refractivity contribution in [1.82, 2.24) is 19.8 Å². The minimum atomic E-state index is -4.79. The molecule has 0 saturated heterocycles. The number of alkyl halides is 3. The number of imidazole rings is 1. The van der Waals surface area contributed by atoms with Crippen molar-refractivity contribution in [3.05, 3.63) is 52.4 Å². The van der Waals surface area contributed by atoms with Crippen molar-refractivity contribution in [3.63, 3.8) is 0 Å². The Morgan fingerprint density at radius 2 is 1.82 bits per heavy atom. The zero-order valence-corrected chi connectivity index (χ0v) is 17.5. The monoisotopic (exact) mass is 477 g/mol. The van der Waals surface area contributed by atoms with Crippen molar-refractivity contribution in [2.45, 2.75) is 45.1 Å². The van der Waals surface area contributed by atoms with Crippen LogP contribution in [0.25, 0.3) is 0 Å². The Hall–Kier alpha value is -3.09. The van der Waals surface area contributed by atoms with E-state index in [1.54, 1.807) is 6.92 Å². The zero-order valence-electron chi connectivity index (χ0n) is 17.5. The van der Waals surface area contributed by atoms with Crippen LogP contribution in [0.15, 0.2) is 12.1 Å². The summed E-state index contributed by atoms with van der Waals surface area (Å²) in [6, 6.07) is 0.0787. The number of rotatable bonds is 6. The van der Waals surface area contributed by atoms with E-state index in [-0.39, 0.29) is 50.3 Å². The average Bonchev–Trinajstić information content (AvgIpc) is 3.11. The van der Waals surface area contributed by atoms with Crippen LogP contribution in [0, 0.1) is 17.5 Å². The van der Waals surface area contributed by atoms with Crippen molar-refractivity contribution < 1.29 is 35.9 Å². The van der Waals surface area contributed by atoms with Crippen LogP contribution in [0.3, 0.4) is 0 Å². The second-order valence-electron chi connectivity index (χ2n) is 7.58. The molecule has 1 aliphatic heterocycles. The van der Waals surface area contributed by atoms with Crippen molar-refractivity contribution in [2.75, 3.05) is 13.1 Å². The molecule has 180 valence electrons. The molecule has 0 bridgehead atoms. The van der Waals surface area contributed by atoms with Gasteiger partial charge in [0.15, 0.2) is 17.3 Å². The lowest BCUT2D eigenvalue weighted by molar-refractivity contribution is -0.148. The van der Waals surface area contributed by atoms with E-state index in [9.17, 15) is 35.9 Å². The maximum atomic E-state index is 13.8. The third-order valence-electron chi connectivity index (χ3n) is 5.17. The molecule has 2 aromatic rings. The molecule has 1 aromatic heterocycles. The van der Waals surface area contributed by atoms with Gasteiger partial charge < -0.3 is 20.5 Å². The molecule has 0 unspecified atom stereocenters. The van der Waals surface area contributed by atoms with Gasteiger partial charge in [0.05, 0.1) is 12.2 Å². The van der Waals surface area contributed by atoms with Crippen LogP contribution in [0.4, 0.5) is 26.3 Å². The predicted molar refractivity (Wildman–Crippen MR) is 103 cm³/mol. The van der Waals surface area contributed by atoms with Gasteiger partial charge in [-0.05, 0) is 25.0 Å². The number of nitrogens with one attached hydrogen (secondary N) is 1. The molecule has 2 heterocycles. The molecule has 0 aliphatic carbocycles. The number of amides is 2. The van der Waals surface area contributed by atoms with Crippen LogP contribution in [-0.2, 0) is 30.5 Å². The lowest BCUT2D eigenvalue weighted by atomic mass is 10.0. The van der Waals surface area contributed by atoms with Gasteiger partial charge in [-0.25, -0.2) is 18.2 Å². The molecular weight excluding hydrogens is 456 g/mol. The number of fused-ring (bicyclic) bond motifs is 1. The minimum absolute atomic E-state index is 0.0619. The van der Waals surface area contributed by atoms with Gasteiger partial charge in [-0.15, -0.1) is 0 Å². The summed E-state index contributed by atoms with van der Waals surface area (Å²) in [6.07, 6.45) is -5.37. The number of carbonyl (C=O) groups is 2. The van der Waals surface area contributed by atoms with Gasteiger partial charge >= 0.3 is 6.18 Å². The number of hydrogen-bond donors (Lipinski definition) is 2. The van der Waals surface area contributed by atoms with Gasteiger partial charge in [0, 0.05) is 38.2 Å². The first kappa shape index (κ1) is 24.6. The van der Waals surface area contributed by atoms with E-state index in [0.29, 0.717) is 12.1 Å². The summed E-state index contributed by atoms with van der Waals surface area (Å²) >= 11 is 0.